The van der Waals surface area contributed by atoms with Crippen molar-refractivity contribution in [1.82, 2.24) is 10.6 Å². The first-order valence-electron chi connectivity index (χ1n) is 14.1. The molecule has 0 heterocycles. The van der Waals surface area contributed by atoms with E-state index < -0.39 is 57.9 Å². The lowest BCUT2D eigenvalue weighted by molar-refractivity contribution is -0.158. The number of nitrogens with one attached hydrogen (secondary N) is 2. The van der Waals surface area contributed by atoms with Crippen molar-refractivity contribution in [1.29, 1.82) is 0 Å². The lowest BCUT2D eigenvalue weighted by Crippen LogP contribution is -2.50. The van der Waals surface area contributed by atoms with Gasteiger partial charge in [-0.2, -0.15) is 8.42 Å². The highest BCUT2D eigenvalue weighted by Gasteiger charge is 2.36. The van der Waals surface area contributed by atoms with E-state index in [4.69, 9.17) is 27.9 Å². The van der Waals surface area contributed by atoms with Gasteiger partial charge in [0.15, 0.2) is 6.10 Å². The third kappa shape index (κ3) is 11.8. The van der Waals surface area contributed by atoms with E-state index in [0.717, 1.165) is 5.56 Å². The zero-order valence-corrected chi connectivity index (χ0v) is 28.2. The molecule has 250 valence electrons. The first kappa shape index (κ1) is 37.1. The maximum absolute atomic E-state index is 13.7. The van der Waals surface area contributed by atoms with E-state index in [0.29, 0.717) is 22.8 Å². The average Bonchev–Trinajstić information content (AvgIpc) is 2.92. The lowest BCUT2D eigenvalue weighted by Gasteiger charge is -2.28. The summed E-state index contributed by atoms with van der Waals surface area (Å²) in [6.45, 7) is 11.3. The number of hydrogen-bond donors (Lipinski definition) is 2. The molecule has 2 atom stereocenters. The molecule has 0 saturated heterocycles. The monoisotopic (exact) mass is 652 g/mol. The summed E-state index contributed by atoms with van der Waals surface area (Å²) in [5, 5.41) is 5.02. The van der Waals surface area contributed by atoms with E-state index in [2.05, 4.69) is 10.6 Å². The van der Waals surface area contributed by atoms with Crippen LogP contribution in [0.5, 0.6) is 17.2 Å². The Labute approximate surface area is 265 Å². The number of aryl methyl sites for hydroxylation is 1. The van der Waals surface area contributed by atoms with Crippen molar-refractivity contribution in [3.8, 4) is 17.2 Å². The molecular formula is C31H44N2O11S. The molecular weight excluding hydrogens is 608 g/mol. The molecule has 14 heteroatoms. The average molecular weight is 653 g/mol. The van der Waals surface area contributed by atoms with Crippen molar-refractivity contribution in [3.05, 3.63) is 47.5 Å². The Morgan fingerprint density at radius 1 is 0.822 bits per heavy atom. The van der Waals surface area contributed by atoms with E-state index >= 15 is 0 Å². The van der Waals surface area contributed by atoms with Crippen molar-refractivity contribution >= 4 is 28.1 Å². The van der Waals surface area contributed by atoms with E-state index in [1.165, 1.54) is 33.5 Å². The van der Waals surface area contributed by atoms with Gasteiger partial charge in [0.1, 0.15) is 34.5 Å². The fourth-order valence-corrected chi connectivity index (χ4v) is 4.95. The van der Waals surface area contributed by atoms with Crippen LogP contribution >= 0.6 is 0 Å². The molecule has 2 N–H and O–H groups in total. The summed E-state index contributed by atoms with van der Waals surface area (Å²) < 4.78 is 58.9. The fraction of sp³-hybridized carbons (Fsp3) is 0.516. The normalized spacial score (nSPS) is 13.2. The molecule has 0 saturated carbocycles. The number of esters is 1. The van der Waals surface area contributed by atoms with Gasteiger partial charge in [-0.25, -0.2) is 9.59 Å². The molecule has 0 aliphatic rings. The predicted octanol–water partition coefficient (Wildman–Crippen LogP) is 4.04. The van der Waals surface area contributed by atoms with Gasteiger partial charge in [0.2, 0.25) is 0 Å². The molecule has 0 unspecified atom stereocenters. The molecule has 2 aromatic carbocycles. The summed E-state index contributed by atoms with van der Waals surface area (Å²) in [6, 6.07) is 7.44. The van der Waals surface area contributed by atoms with Crippen LogP contribution < -0.4 is 24.8 Å². The number of benzene rings is 2. The first-order valence-corrected chi connectivity index (χ1v) is 15.5. The SMILES string of the molecule is COc1cc(OC)c(CNC(=O)[C@H](C[C@H](NC(=O)OC(C)(C)C)C(=O)OC(C)(C)C)OS(=O)(=O)c2ccc(C)cc2)c(OC)c1. The molecule has 0 aliphatic heterocycles. The summed E-state index contributed by atoms with van der Waals surface area (Å²) in [5.74, 6) is -0.743. The Bertz CT molecular complexity index is 1420. The number of methoxy groups -OCH3 is 3. The van der Waals surface area contributed by atoms with Crippen molar-refractivity contribution in [2.45, 2.75) is 89.7 Å². The molecule has 13 nitrogen and oxygen atoms in total. The van der Waals surface area contributed by atoms with Gasteiger partial charge >= 0.3 is 12.1 Å². The van der Waals surface area contributed by atoms with Gasteiger partial charge in [-0.05, 0) is 60.6 Å². The Balaban J connectivity index is 2.50. The Hall–Kier alpha value is -4.04. The van der Waals surface area contributed by atoms with Crippen LogP contribution in [0.15, 0.2) is 41.3 Å². The molecule has 2 aromatic rings. The van der Waals surface area contributed by atoms with E-state index in [1.807, 2.05) is 0 Å². The van der Waals surface area contributed by atoms with Gasteiger partial charge in [-0.1, -0.05) is 17.7 Å². The van der Waals surface area contributed by atoms with Gasteiger partial charge in [0, 0.05) is 18.6 Å². The smallest absolute Gasteiger partial charge is 0.408 e. The van der Waals surface area contributed by atoms with Crippen LogP contribution in [-0.4, -0.2) is 71.1 Å². The summed E-state index contributed by atoms with van der Waals surface area (Å²) in [6.07, 6.45) is -3.41. The van der Waals surface area contributed by atoms with Crippen LogP contribution in [0, 0.1) is 6.92 Å². The number of ether oxygens (including phenoxy) is 5. The standard InChI is InChI=1S/C31H44N2O11S/c1-19-11-13-21(14-12-19)45(37,38)44-26(17-23(28(35)42-30(2,3)4)33-29(36)43-31(5,6)7)27(34)32-18-22-24(40-9)15-20(39-8)16-25(22)41-10/h11-16,23,26H,17-18H2,1-10H3,(H,32,34)(H,33,36)/t23-,26-/m0/s1. The predicted molar refractivity (Wildman–Crippen MR) is 165 cm³/mol. The van der Waals surface area contributed by atoms with Crippen LogP contribution in [0.25, 0.3) is 0 Å². The van der Waals surface area contributed by atoms with Crippen LogP contribution in [-0.2, 0) is 39.9 Å². The van der Waals surface area contributed by atoms with Crippen LogP contribution in [0.4, 0.5) is 4.79 Å². The van der Waals surface area contributed by atoms with Crippen LogP contribution in [0.1, 0.15) is 59.1 Å². The molecule has 0 aromatic heterocycles. The highest BCUT2D eigenvalue weighted by Crippen LogP contribution is 2.34. The van der Waals surface area contributed by atoms with Crippen LogP contribution in [0.3, 0.4) is 0 Å². The highest BCUT2D eigenvalue weighted by atomic mass is 32.2. The fourth-order valence-electron chi connectivity index (χ4n) is 3.90. The first-order chi connectivity index (χ1) is 20.8. The lowest BCUT2D eigenvalue weighted by atomic mass is 10.1. The molecule has 0 radical (unpaired) electrons. The molecule has 2 rings (SSSR count). The van der Waals surface area contributed by atoms with E-state index in [9.17, 15) is 22.8 Å². The molecule has 0 bridgehead atoms. The minimum absolute atomic E-state index is 0.184. The zero-order chi connectivity index (χ0) is 34.2. The second kappa shape index (κ2) is 15.3. The maximum Gasteiger partial charge on any atom is 0.408 e. The topological polar surface area (TPSA) is 165 Å². The molecule has 0 aliphatic carbocycles. The number of carbonyl (C=O) groups excluding carboxylic acids is 3. The minimum Gasteiger partial charge on any atom is -0.496 e. The number of rotatable bonds is 13. The minimum atomic E-state index is -4.53. The van der Waals surface area contributed by atoms with Gasteiger partial charge in [-0.15, -0.1) is 0 Å². The second-order valence-electron chi connectivity index (χ2n) is 12.0. The molecule has 2 amide bonds. The summed E-state index contributed by atoms with van der Waals surface area (Å²) in [4.78, 5) is 39.4. The van der Waals surface area contributed by atoms with Crippen molar-refractivity contribution in [3.63, 3.8) is 0 Å². The number of hydrogen-bond acceptors (Lipinski definition) is 11. The molecule has 0 fully saturated rings. The summed E-state index contributed by atoms with van der Waals surface area (Å²) in [5.41, 5.74) is -0.665. The molecule has 0 spiro atoms. The highest BCUT2D eigenvalue weighted by molar-refractivity contribution is 7.86. The maximum atomic E-state index is 13.7. The van der Waals surface area contributed by atoms with Gasteiger partial charge in [0.25, 0.3) is 16.0 Å². The number of amides is 2. The van der Waals surface area contributed by atoms with E-state index in [-0.39, 0.29) is 11.4 Å². The Morgan fingerprint density at radius 2 is 1.36 bits per heavy atom. The third-order valence-electron chi connectivity index (χ3n) is 5.93. The quantitative estimate of drug-likeness (QED) is 0.237. The van der Waals surface area contributed by atoms with Gasteiger partial charge in [-0.3, -0.25) is 8.98 Å². The second-order valence-corrected chi connectivity index (χ2v) is 13.6. The van der Waals surface area contributed by atoms with Crippen molar-refractivity contribution < 1.29 is 50.7 Å². The summed E-state index contributed by atoms with van der Waals surface area (Å²) >= 11 is 0. The van der Waals surface area contributed by atoms with Crippen molar-refractivity contribution in [2.75, 3.05) is 21.3 Å². The molecule has 45 heavy (non-hydrogen) atoms. The number of carbonyl (C=O) groups is 3. The number of alkyl carbamates (subject to hydrolysis) is 1. The van der Waals surface area contributed by atoms with Gasteiger partial charge in [0.05, 0.1) is 38.3 Å². The van der Waals surface area contributed by atoms with Crippen molar-refractivity contribution in [2.24, 2.45) is 0 Å². The largest absolute Gasteiger partial charge is 0.496 e. The van der Waals surface area contributed by atoms with Crippen LogP contribution in [0.2, 0.25) is 0 Å². The zero-order valence-electron chi connectivity index (χ0n) is 27.4. The summed E-state index contributed by atoms with van der Waals surface area (Å²) in [7, 11) is -0.207. The Kier molecular flexibility index (Phi) is 12.6. The van der Waals surface area contributed by atoms with E-state index in [1.54, 1.807) is 72.7 Å². The third-order valence-corrected chi connectivity index (χ3v) is 7.27. The van der Waals surface area contributed by atoms with Gasteiger partial charge < -0.3 is 34.3 Å². The Morgan fingerprint density at radius 3 is 1.82 bits per heavy atom.